The number of rotatable bonds is 7. The Morgan fingerprint density at radius 3 is 2.73 bits per heavy atom. The lowest BCUT2D eigenvalue weighted by Crippen LogP contribution is -2.34. The predicted octanol–water partition coefficient (Wildman–Crippen LogP) is 3.32. The average Bonchev–Trinajstić information content (AvgIpc) is 3.11. The lowest BCUT2D eigenvalue weighted by Gasteiger charge is -2.24. The van der Waals surface area contributed by atoms with Crippen molar-refractivity contribution in [1.29, 1.82) is 0 Å². The fraction of sp³-hybridized carbons (Fsp3) is 0.375. The average molecular weight is 406 g/mol. The summed E-state index contributed by atoms with van der Waals surface area (Å²) in [6, 6.07) is 10.1. The topological polar surface area (TPSA) is 81.4 Å². The molecule has 156 valence electrons. The third-order valence-electron chi connectivity index (χ3n) is 5.96. The van der Waals surface area contributed by atoms with Gasteiger partial charge in [0.1, 0.15) is 5.60 Å². The number of hydrogen-bond acceptors (Lipinski definition) is 5. The molecule has 2 aromatic heterocycles. The minimum atomic E-state index is -1.74. The SMILES string of the molecule is CCCc1ccc2nc3c(cc2c1)Cn1c-3cc([C@](O)(C=O)CC)c(COC)c1=O. The second-order valence-electron chi connectivity index (χ2n) is 7.91. The van der Waals surface area contributed by atoms with E-state index in [-0.39, 0.29) is 18.6 Å². The Labute approximate surface area is 175 Å². The minimum Gasteiger partial charge on any atom is -0.380 e. The number of hydrogen-bond donors (Lipinski definition) is 1. The molecule has 6 heteroatoms. The summed E-state index contributed by atoms with van der Waals surface area (Å²) in [6.07, 6.45) is 2.75. The van der Waals surface area contributed by atoms with Crippen LogP contribution in [0, 0.1) is 0 Å². The molecule has 1 atom stereocenters. The Hall–Kier alpha value is -2.83. The van der Waals surface area contributed by atoms with Gasteiger partial charge in [-0.1, -0.05) is 26.3 Å². The monoisotopic (exact) mass is 406 g/mol. The molecule has 0 radical (unpaired) electrons. The first kappa shape index (κ1) is 20.4. The molecule has 0 spiro atoms. The number of fused-ring (bicyclic) bond motifs is 4. The maximum Gasteiger partial charge on any atom is 0.257 e. The van der Waals surface area contributed by atoms with E-state index in [4.69, 9.17) is 9.72 Å². The van der Waals surface area contributed by atoms with Gasteiger partial charge in [-0.05, 0) is 42.7 Å². The van der Waals surface area contributed by atoms with Crippen molar-refractivity contribution in [2.75, 3.05) is 7.11 Å². The Bertz CT molecular complexity index is 1200. The van der Waals surface area contributed by atoms with E-state index in [1.807, 2.05) is 6.07 Å². The predicted molar refractivity (Wildman–Crippen MR) is 116 cm³/mol. The van der Waals surface area contributed by atoms with Crippen molar-refractivity contribution in [3.8, 4) is 11.4 Å². The van der Waals surface area contributed by atoms with Crippen LogP contribution in [0.5, 0.6) is 0 Å². The van der Waals surface area contributed by atoms with Crippen LogP contribution in [-0.4, -0.2) is 28.1 Å². The summed E-state index contributed by atoms with van der Waals surface area (Å²) in [5.41, 5.74) is 3.03. The largest absolute Gasteiger partial charge is 0.380 e. The molecule has 0 amide bonds. The lowest BCUT2D eigenvalue weighted by atomic mass is 9.89. The van der Waals surface area contributed by atoms with Gasteiger partial charge in [0.05, 0.1) is 30.1 Å². The van der Waals surface area contributed by atoms with Crippen molar-refractivity contribution in [1.82, 2.24) is 9.55 Å². The Morgan fingerprint density at radius 2 is 2.07 bits per heavy atom. The van der Waals surface area contributed by atoms with Crippen LogP contribution in [0.3, 0.4) is 0 Å². The van der Waals surface area contributed by atoms with Crippen LogP contribution in [-0.2, 0) is 34.7 Å². The number of benzene rings is 1. The van der Waals surface area contributed by atoms with Crippen molar-refractivity contribution in [2.45, 2.75) is 51.9 Å². The highest BCUT2D eigenvalue weighted by molar-refractivity contribution is 5.85. The Morgan fingerprint density at radius 1 is 1.27 bits per heavy atom. The second-order valence-corrected chi connectivity index (χ2v) is 7.91. The standard InChI is InChI=1S/C24H26N2O4/c1-4-6-15-7-8-20-16(9-15)10-17-12-26-21(22(17)25-20)11-19(24(29,5-2)14-27)18(13-30-3)23(26)28/h7-11,14,29H,4-6,12-13H2,1-3H3/t24-/m1/s1. The zero-order valence-corrected chi connectivity index (χ0v) is 17.6. The maximum atomic E-state index is 13.3. The van der Waals surface area contributed by atoms with E-state index in [1.165, 1.54) is 12.7 Å². The number of aldehydes is 1. The van der Waals surface area contributed by atoms with E-state index < -0.39 is 5.60 Å². The molecule has 0 saturated carbocycles. The second kappa shape index (κ2) is 7.78. The smallest absolute Gasteiger partial charge is 0.257 e. The molecule has 30 heavy (non-hydrogen) atoms. The zero-order valence-electron chi connectivity index (χ0n) is 17.6. The first-order valence-corrected chi connectivity index (χ1v) is 10.3. The number of ether oxygens (including phenoxy) is 1. The van der Waals surface area contributed by atoms with Crippen LogP contribution in [0.15, 0.2) is 35.1 Å². The summed E-state index contributed by atoms with van der Waals surface area (Å²) in [5.74, 6) is 0. The highest BCUT2D eigenvalue weighted by atomic mass is 16.5. The third kappa shape index (κ3) is 3.16. The van der Waals surface area contributed by atoms with Crippen LogP contribution in [0.2, 0.25) is 0 Å². The fourth-order valence-electron chi connectivity index (χ4n) is 4.28. The number of carbonyl (C=O) groups is 1. The van der Waals surface area contributed by atoms with Gasteiger partial charge in [-0.15, -0.1) is 0 Å². The van der Waals surface area contributed by atoms with Gasteiger partial charge in [0.25, 0.3) is 5.56 Å². The molecular weight excluding hydrogens is 380 g/mol. The molecule has 4 rings (SSSR count). The van der Waals surface area contributed by atoms with E-state index in [1.54, 1.807) is 17.6 Å². The van der Waals surface area contributed by atoms with Gasteiger partial charge in [0, 0.05) is 29.2 Å². The van der Waals surface area contributed by atoms with Crippen LogP contribution in [0.25, 0.3) is 22.3 Å². The minimum absolute atomic E-state index is 0.0245. The molecule has 0 aliphatic carbocycles. The third-order valence-corrected chi connectivity index (χ3v) is 5.96. The lowest BCUT2D eigenvalue weighted by molar-refractivity contribution is -0.125. The molecule has 1 aliphatic rings. The number of aromatic nitrogens is 2. The summed E-state index contributed by atoms with van der Waals surface area (Å²) >= 11 is 0. The summed E-state index contributed by atoms with van der Waals surface area (Å²) in [5, 5.41) is 11.9. The van der Waals surface area contributed by atoms with E-state index in [0.29, 0.717) is 29.7 Å². The molecule has 3 aromatic rings. The molecule has 1 N–H and O–H groups in total. The van der Waals surface area contributed by atoms with E-state index in [2.05, 4.69) is 25.1 Å². The molecule has 1 aliphatic heterocycles. The molecule has 0 bridgehead atoms. The number of aliphatic hydroxyl groups is 1. The highest BCUT2D eigenvalue weighted by Crippen LogP contribution is 2.35. The number of carbonyl (C=O) groups excluding carboxylic acids is 1. The van der Waals surface area contributed by atoms with Crippen molar-refractivity contribution < 1.29 is 14.6 Å². The van der Waals surface area contributed by atoms with E-state index >= 15 is 0 Å². The van der Waals surface area contributed by atoms with Crippen molar-refractivity contribution in [3.05, 3.63) is 62.9 Å². The zero-order chi connectivity index (χ0) is 21.5. The summed E-state index contributed by atoms with van der Waals surface area (Å²) in [4.78, 5) is 29.8. The van der Waals surface area contributed by atoms with Crippen LogP contribution in [0.4, 0.5) is 0 Å². The molecule has 1 aromatic carbocycles. The molecule has 0 fully saturated rings. The number of methoxy groups -OCH3 is 1. The van der Waals surface area contributed by atoms with Crippen molar-refractivity contribution in [2.24, 2.45) is 0 Å². The van der Waals surface area contributed by atoms with E-state index in [9.17, 15) is 14.7 Å². The van der Waals surface area contributed by atoms with Crippen LogP contribution in [0.1, 0.15) is 48.9 Å². The quantitative estimate of drug-likeness (QED) is 0.476. The van der Waals surface area contributed by atoms with Crippen molar-refractivity contribution in [3.63, 3.8) is 0 Å². The highest BCUT2D eigenvalue weighted by Gasteiger charge is 2.34. The van der Waals surface area contributed by atoms with Gasteiger partial charge >= 0.3 is 0 Å². The van der Waals surface area contributed by atoms with E-state index in [0.717, 1.165) is 35.0 Å². The number of nitrogens with zero attached hydrogens (tertiary/aromatic N) is 2. The number of pyridine rings is 2. The molecule has 3 heterocycles. The van der Waals surface area contributed by atoms with Crippen molar-refractivity contribution >= 4 is 17.2 Å². The number of aryl methyl sites for hydroxylation is 1. The Kier molecular flexibility index (Phi) is 5.30. The summed E-state index contributed by atoms with van der Waals surface area (Å²) in [7, 11) is 1.49. The van der Waals surface area contributed by atoms with Gasteiger partial charge in [0.15, 0.2) is 6.29 Å². The fourth-order valence-corrected chi connectivity index (χ4v) is 4.28. The van der Waals surface area contributed by atoms with Gasteiger partial charge < -0.3 is 14.4 Å². The summed E-state index contributed by atoms with van der Waals surface area (Å²) < 4.78 is 6.87. The molecular formula is C24H26N2O4. The van der Waals surface area contributed by atoms with Gasteiger partial charge in [-0.2, -0.15) is 0 Å². The molecule has 0 saturated heterocycles. The molecule has 6 nitrogen and oxygen atoms in total. The normalized spacial score (nSPS) is 14.4. The molecule has 0 unspecified atom stereocenters. The van der Waals surface area contributed by atoms with Gasteiger partial charge in [-0.25, -0.2) is 4.98 Å². The first-order chi connectivity index (χ1) is 14.5. The maximum absolute atomic E-state index is 13.3. The van der Waals surface area contributed by atoms with Crippen LogP contribution >= 0.6 is 0 Å². The first-order valence-electron chi connectivity index (χ1n) is 10.3. The van der Waals surface area contributed by atoms with Gasteiger partial charge in [0.2, 0.25) is 0 Å². The van der Waals surface area contributed by atoms with Crippen LogP contribution < -0.4 is 5.56 Å². The summed E-state index contributed by atoms with van der Waals surface area (Å²) in [6.45, 7) is 4.30. The Balaban J connectivity index is 1.94. The van der Waals surface area contributed by atoms with Gasteiger partial charge in [-0.3, -0.25) is 9.59 Å².